The maximum atomic E-state index is 13.6. The minimum atomic E-state index is -0.581. The van der Waals surface area contributed by atoms with Gasteiger partial charge in [0, 0.05) is 10.7 Å². The lowest BCUT2D eigenvalue weighted by Crippen LogP contribution is -2.14. The SMILES string of the molecule is Cc1ccc(F)c(C(=O)Nc2cc(Br)cnc2Cl)c1. The summed E-state index contributed by atoms with van der Waals surface area (Å²) in [6.45, 7) is 1.78. The normalized spacial score (nSPS) is 10.3. The fraction of sp³-hybridized carbons (Fsp3) is 0.0769. The second kappa shape index (κ2) is 5.67. The molecule has 0 fully saturated rings. The van der Waals surface area contributed by atoms with Crippen LogP contribution in [0.4, 0.5) is 10.1 Å². The van der Waals surface area contributed by atoms with Crippen molar-refractivity contribution >= 4 is 39.1 Å². The highest BCUT2D eigenvalue weighted by molar-refractivity contribution is 9.10. The average Bonchev–Trinajstić information content (AvgIpc) is 2.36. The first-order chi connectivity index (χ1) is 8.97. The standard InChI is InChI=1S/C13H9BrClFN2O/c1-7-2-3-10(16)9(4-7)13(19)18-11-5-8(14)6-17-12(11)15/h2-6H,1H3,(H,18,19). The van der Waals surface area contributed by atoms with Crippen molar-refractivity contribution < 1.29 is 9.18 Å². The third-order valence-corrected chi connectivity index (χ3v) is 3.16. The van der Waals surface area contributed by atoms with Crippen LogP contribution in [0, 0.1) is 12.7 Å². The number of aryl methyl sites for hydroxylation is 1. The lowest BCUT2D eigenvalue weighted by atomic mass is 10.1. The van der Waals surface area contributed by atoms with Gasteiger partial charge >= 0.3 is 0 Å². The molecule has 2 aromatic rings. The van der Waals surface area contributed by atoms with Crippen molar-refractivity contribution in [2.75, 3.05) is 5.32 Å². The molecule has 1 aromatic carbocycles. The Labute approximate surface area is 122 Å². The van der Waals surface area contributed by atoms with Crippen LogP contribution in [0.15, 0.2) is 34.9 Å². The predicted octanol–water partition coefficient (Wildman–Crippen LogP) is 4.20. The number of carbonyl (C=O) groups excluding carboxylic acids is 1. The van der Waals surface area contributed by atoms with E-state index in [0.29, 0.717) is 10.2 Å². The third-order valence-electron chi connectivity index (χ3n) is 2.42. The Morgan fingerprint density at radius 3 is 2.89 bits per heavy atom. The van der Waals surface area contributed by atoms with Crippen LogP contribution in [0.25, 0.3) is 0 Å². The maximum absolute atomic E-state index is 13.6. The Balaban J connectivity index is 2.30. The number of carbonyl (C=O) groups is 1. The number of halogens is 3. The Morgan fingerprint density at radius 1 is 1.42 bits per heavy atom. The van der Waals surface area contributed by atoms with Crippen LogP contribution in [-0.2, 0) is 0 Å². The Morgan fingerprint density at radius 2 is 2.16 bits per heavy atom. The van der Waals surface area contributed by atoms with E-state index in [1.54, 1.807) is 19.1 Å². The summed E-state index contributed by atoms with van der Waals surface area (Å²) in [5.74, 6) is -1.15. The van der Waals surface area contributed by atoms with Crippen molar-refractivity contribution in [3.05, 3.63) is 57.0 Å². The summed E-state index contributed by atoms with van der Waals surface area (Å²) in [7, 11) is 0. The molecule has 2 rings (SSSR count). The van der Waals surface area contributed by atoms with Crippen LogP contribution < -0.4 is 5.32 Å². The fourth-order valence-electron chi connectivity index (χ4n) is 1.51. The summed E-state index contributed by atoms with van der Waals surface area (Å²) < 4.78 is 14.2. The molecule has 3 nitrogen and oxygen atoms in total. The lowest BCUT2D eigenvalue weighted by molar-refractivity contribution is 0.102. The van der Waals surface area contributed by atoms with Gasteiger partial charge in [0.1, 0.15) is 5.82 Å². The van der Waals surface area contributed by atoms with Crippen LogP contribution in [0.1, 0.15) is 15.9 Å². The molecule has 0 radical (unpaired) electrons. The molecule has 0 spiro atoms. The van der Waals surface area contributed by atoms with E-state index in [1.165, 1.54) is 18.3 Å². The summed E-state index contributed by atoms with van der Waals surface area (Å²) in [5, 5.41) is 2.68. The van der Waals surface area contributed by atoms with Crippen molar-refractivity contribution in [1.29, 1.82) is 0 Å². The fourth-order valence-corrected chi connectivity index (χ4v) is 1.99. The molecule has 6 heteroatoms. The molecule has 98 valence electrons. The second-order valence-corrected chi connectivity index (χ2v) is 5.20. The summed E-state index contributed by atoms with van der Waals surface area (Å²) in [5.41, 5.74) is 1.09. The van der Waals surface area contributed by atoms with Gasteiger partial charge in [0.15, 0.2) is 5.15 Å². The Hall–Kier alpha value is -1.46. The first kappa shape index (κ1) is 14.0. The zero-order valence-corrected chi connectivity index (χ0v) is 12.2. The molecule has 1 heterocycles. The minimum absolute atomic E-state index is 0.0314. The van der Waals surface area contributed by atoms with E-state index in [-0.39, 0.29) is 10.7 Å². The van der Waals surface area contributed by atoms with Gasteiger partial charge < -0.3 is 5.32 Å². The number of benzene rings is 1. The summed E-state index contributed by atoms with van der Waals surface area (Å²) in [4.78, 5) is 15.9. The first-order valence-corrected chi connectivity index (χ1v) is 6.53. The number of nitrogens with one attached hydrogen (secondary N) is 1. The zero-order chi connectivity index (χ0) is 14.0. The number of hydrogen-bond acceptors (Lipinski definition) is 2. The zero-order valence-electron chi connectivity index (χ0n) is 9.88. The van der Waals surface area contributed by atoms with Gasteiger partial charge in [-0.25, -0.2) is 9.37 Å². The predicted molar refractivity (Wildman–Crippen MR) is 76.0 cm³/mol. The van der Waals surface area contributed by atoms with E-state index in [0.717, 1.165) is 5.56 Å². The third kappa shape index (κ3) is 3.30. The number of pyridine rings is 1. The smallest absolute Gasteiger partial charge is 0.258 e. The number of hydrogen-bond donors (Lipinski definition) is 1. The van der Waals surface area contributed by atoms with Crippen molar-refractivity contribution in [3.63, 3.8) is 0 Å². The maximum Gasteiger partial charge on any atom is 0.258 e. The largest absolute Gasteiger partial charge is 0.319 e. The molecule has 0 unspecified atom stereocenters. The number of aromatic nitrogens is 1. The molecule has 0 atom stereocenters. The number of rotatable bonds is 2. The molecular weight excluding hydrogens is 335 g/mol. The van der Waals surface area contributed by atoms with Gasteiger partial charge in [-0.3, -0.25) is 4.79 Å². The first-order valence-electron chi connectivity index (χ1n) is 5.36. The molecule has 0 bridgehead atoms. The van der Waals surface area contributed by atoms with E-state index < -0.39 is 11.7 Å². The molecule has 0 saturated heterocycles. The Kier molecular flexibility index (Phi) is 4.17. The van der Waals surface area contributed by atoms with Gasteiger partial charge in [0.2, 0.25) is 0 Å². The van der Waals surface area contributed by atoms with E-state index >= 15 is 0 Å². The monoisotopic (exact) mass is 342 g/mol. The van der Waals surface area contributed by atoms with Crippen molar-refractivity contribution in [1.82, 2.24) is 4.98 Å². The molecule has 1 amide bonds. The average molecular weight is 344 g/mol. The van der Waals surface area contributed by atoms with Gasteiger partial charge in [-0.2, -0.15) is 0 Å². The van der Waals surface area contributed by atoms with Gasteiger partial charge in [-0.05, 0) is 41.1 Å². The van der Waals surface area contributed by atoms with Crippen molar-refractivity contribution in [3.8, 4) is 0 Å². The lowest BCUT2D eigenvalue weighted by Gasteiger charge is -2.08. The number of anilines is 1. The van der Waals surface area contributed by atoms with E-state index in [2.05, 4.69) is 26.2 Å². The molecule has 1 aromatic heterocycles. The number of nitrogens with zero attached hydrogens (tertiary/aromatic N) is 1. The van der Waals surface area contributed by atoms with Crippen molar-refractivity contribution in [2.24, 2.45) is 0 Å². The quantitative estimate of drug-likeness (QED) is 0.831. The molecule has 0 aliphatic rings. The van der Waals surface area contributed by atoms with Crippen LogP contribution in [0.5, 0.6) is 0 Å². The molecule has 1 N–H and O–H groups in total. The molecule has 0 aliphatic heterocycles. The topological polar surface area (TPSA) is 42.0 Å². The summed E-state index contributed by atoms with van der Waals surface area (Å²) in [6.07, 6.45) is 1.51. The highest BCUT2D eigenvalue weighted by atomic mass is 79.9. The van der Waals surface area contributed by atoms with E-state index in [9.17, 15) is 9.18 Å². The number of amides is 1. The van der Waals surface area contributed by atoms with Crippen LogP contribution in [0.3, 0.4) is 0 Å². The van der Waals surface area contributed by atoms with Gasteiger partial charge in [-0.15, -0.1) is 0 Å². The molecular formula is C13H9BrClFN2O. The van der Waals surface area contributed by atoms with Crippen molar-refractivity contribution in [2.45, 2.75) is 6.92 Å². The second-order valence-electron chi connectivity index (χ2n) is 3.93. The van der Waals surface area contributed by atoms with Gasteiger partial charge in [-0.1, -0.05) is 23.2 Å². The summed E-state index contributed by atoms with van der Waals surface area (Å²) >= 11 is 9.08. The van der Waals surface area contributed by atoms with Crippen LogP contribution in [0.2, 0.25) is 5.15 Å². The summed E-state index contributed by atoms with van der Waals surface area (Å²) in [6, 6.07) is 5.93. The highest BCUT2D eigenvalue weighted by Gasteiger charge is 2.14. The molecule has 0 aliphatic carbocycles. The molecule has 19 heavy (non-hydrogen) atoms. The Bertz CT molecular complexity index is 649. The van der Waals surface area contributed by atoms with Gasteiger partial charge in [0.25, 0.3) is 5.91 Å². The van der Waals surface area contributed by atoms with E-state index in [4.69, 9.17) is 11.6 Å². The minimum Gasteiger partial charge on any atom is -0.319 e. The van der Waals surface area contributed by atoms with Gasteiger partial charge in [0.05, 0.1) is 11.3 Å². The highest BCUT2D eigenvalue weighted by Crippen LogP contribution is 2.24. The molecule has 0 saturated carbocycles. The van der Waals surface area contributed by atoms with Crippen LogP contribution in [-0.4, -0.2) is 10.9 Å². The van der Waals surface area contributed by atoms with E-state index in [1.807, 2.05) is 0 Å². The van der Waals surface area contributed by atoms with Crippen LogP contribution >= 0.6 is 27.5 Å².